The summed E-state index contributed by atoms with van der Waals surface area (Å²) in [5, 5.41) is 0. The van der Waals surface area contributed by atoms with Crippen LogP contribution in [0.1, 0.15) is 71.1 Å². The van der Waals surface area contributed by atoms with E-state index in [-0.39, 0.29) is 24.8 Å². The quantitative estimate of drug-likeness (QED) is 0.171. The number of carbonyl (C=O) groups is 1. The summed E-state index contributed by atoms with van der Waals surface area (Å²) in [7, 11) is 0. The SMILES string of the molecule is C=CCOC(=O)C1OC1CCCCC/C=C\C/C=C\CCCCC. The van der Waals surface area contributed by atoms with Gasteiger partial charge in [-0.25, -0.2) is 4.79 Å². The average Bonchev–Trinajstić information content (AvgIpc) is 3.36. The van der Waals surface area contributed by atoms with Crippen molar-refractivity contribution in [2.45, 2.75) is 83.3 Å². The summed E-state index contributed by atoms with van der Waals surface area (Å²) in [6, 6.07) is 0. The highest BCUT2D eigenvalue weighted by molar-refractivity contribution is 5.78. The monoisotopic (exact) mass is 334 g/mol. The number of hydrogen-bond donors (Lipinski definition) is 0. The van der Waals surface area contributed by atoms with Crippen LogP contribution < -0.4 is 0 Å². The lowest BCUT2D eigenvalue weighted by Gasteiger charge is -1.98. The molecule has 0 aromatic carbocycles. The van der Waals surface area contributed by atoms with Gasteiger partial charge in [-0.1, -0.05) is 69.6 Å². The summed E-state index contributed by atoms with van der Waals surface area (Å²) >= 11 is 0. The molecule has 0 N–H and O–H groups in total. The number of ether oxygens (including phenoxy) is 2. The van der Waals surface area contributed by atoms with Crippen molar-refractivity contribution in [1.82, 2.24) is 0 Å². The van der Waals surface area contributed by atoms with Crippen LogP contribution >= 0.6 is 0 Å². The zero-order valence-electron chi connectivity index (χ0n) is 15.3. The van der Waals surface area contributed by atoms with Crippen LogP contribution in [0.3, 0.4) is 0 Å². The molecular formula is C21H34O3. The number of epoxide rings is 1. The van der Waals surface area contributed by atoms with Crippen LogP contribution in [-0.4, -0.2) is 24.8 Å². The maximum absolute atomic E-state index is 11.5. The van der Waals surface area contributed by atoms with Gasteiger partial charge in [-0.05, 0) is 38.5 Å². The minimum absolute atomic E-state index is 0.0794. The van der Waals surface area contributed by atoms with E-state index in [4.69, 9.17) is 9.47 Å². The molecule has 0 aliphatic carbocycles. The Morgan fingerprint density at radius 2 is 1.75 bits per heavy atom. The number of esters is 1. The Morgan fingerprint density at radius 1 is 1.04 bits per heavy atom. The normalized spacial score (nSPS) is 19.9. The molecule has 3 nitrogen and oxygen atoms in total. The number of hydrogen-bond acceptors (Lipinski definition) is 3. The van der Waals surface area contributed by atoms with Gasteiger partial charge in [-0.3, -0.25) is 0 Å². The Morgan fingerprint density at radius 3 is 2.42 bits per heavy atom. The molecule has 1 saturated heterocycles. The van der Waals surface area contributed by atoms with Crippen LogP contribution in [0.2, 0.25) is 0 Å². The van der Waals surface area contributed by atoms with E-state index in [0.717, 1.165) is 25.7 Å². The third kappa shape index (κ3) is 10.4. The second-order valence-corrected chi connectivity index (χ2v) is 6.33. The number of allylic oxidation sites excluding steroid dienone is 4. The fraction of sp³-hybridized carbons (Fsp3) is 0.667. The second kappa shape index (κ2) is 14.0. The molecule has 0 bridgehead atoms. The van der Waals surface area contributed by atoms with Crippen molar-refractivity contribution >= 4 is 5.97 Å². The van der Waals surface area contributed by atoms with Gasteiger partial charge in [0.25, 0.3) is 0 Å². The summed E-state index contributed by atoms with van der Waals surface area (Å²) in [5.74, 6) is -0.245. The first-order chi connectivity index (χ1) is 11.8. The summed E-state index contributed by atoms with van der Waals surface area (Å²) in [4.78, 5) is 11.5. The van der Waals surface area contributed by atoms with Gasteiger partial charge < -0.3 is 9.47 Å². The van der Waals surface area contributed by atoms with Gasteiger partial charge >= 0.3 is 5.97 Å². The number of carbonyl (C=O) groups excluding carboxylic acids is 1. The third-order valence-electron chi connectivity index (χ3n) is 4.10. The highest BCUT2D eigenvalue weighted by Gasteiger charge is 2.45. The predicted molar refractivity (Wildman–Crippen MR) is 99.9 cm³/mol. The molecule has 24 heavy (non-hydrogen) atoms. The van der Waals surface area contributed by atoms with Crippen LogP contribution in [0, 0.1) is 0 Å². The van der Waals surface area contributed by atoms with E-state index in [1.54, 1.807) is 6.08 Å². The highest BCUT2D eigenvalue weighted by atomic mass is 16.6. The first-order valence-corrected chi connectivity index (χ1v) is 9.52. The summed E-state index contributed by atoms with van der Waals surface area (Å²) in [5.41, 5.74) is 0. The summed E-state index contributed by atoms with van der Waals surface area (Å²) < 4.78 is 10.3. The molecule has 0 spiro atoms. The number of rotatable bonds is 15. The Hall–Kier alpha value is -1.35. The van der Waals surface area contributed by atoms with E-state index in [0.29, 0.717) is 0 Å². The smallest absolute Gasteiger partial charge is 0.338 e. The van der Waals surface area contributed by atoms with E-state index >= 15 is 0 Å². The minimum atomic E-state index is -0.325. The van der Waals surface area contributed by atoms with Gasteiger partial charge in [0.1, 0.15) is 6.61 Å². The molecular weight excluding hydrogens is 300 g/mol. The van der Waals surface area contributed by atoms with E-state index in [1.165, 1.54) is 38.5 Å². The van der Waals surface area contributed by atoms with Gasteiger partial charge in [0.05, 0.1) is 6.10 Å². The first-order valence-electron chi connectivity index (χ1n) is 9.52. The van der Waals surface area contributed by atoms with Crippen LogP contribution in [0.15, 0.2) is 37.0 Å². The fourth-order valence-electron chi connectivity index (χ4n) is 2.60. The minimum Gasteiger partial charge on any atom is -0.459 e. The van der Waals surface area contributed by atoms with E-state index in [1.807, 2.05) is 0 Å². The van der Waals surface area contributed by atoms with Crippen molar-refractivity contribution < 1.29 is 14.3 Å². The molecule has 3 heteroatoms. The molecule has 2 atom stereocenters. The van der Waals surface area contributed by atoms with Crippen molar-refractivity contribution in [1.29, 1.82) is 0 Å². The lowest BCUT2D eigenvalue weighted by atomic mass is 10.1. The molecule has 0 aromatic heterocycles. The molecule has 1 aliphatic rings. The van der Waals surface area contributed by atoms with Gasteiger partial charge in [-0.2, -0.15) is 0 Å². The topological polar surface area (TPSA) is 38.8 Å². The molecule has 0 radical (unpaired) electrons. The zero-order valence-corrected chi connectivity index (χ0v) is 15.3. The molecule has 2 unspecified atom stereocenters. The van der Waals surface area contributed by atoms with Gasteiger partial charge in [0.15, 0.2) is 6.10 Å². The maximum atomic E-state index is 11.5. The van der Waals surface area contributed by atoms with E-state index in [2.05, 4.69) is 37.8 Å². The molecule has 1 aliphatic heterocycles. The molecule has 0 aromatic rings. The Kier molecular flexibility index (Phi) is 12.1. The van der Waals surface area contributed by atoms with Gasteiger partial charge in [-0.15, -0.1) is 0 Å². The lowest BCUT2D eigenvalue weighted by Crippen LogP contribution is -2.14. The van der Waals surface area contributed by atoms with Crippen molar-refractivity contribution in [3.8, 4) is 0 Å². The van der Waals surface area contributed by atoms with Crippen molar-refractivity contribution in [3.63, 3.8) is 0 Å². The zero-order chi connectivity index (χ0) is 17.5. The van der Waals surface area contributed by atoms with Gasteiger partial charge in [0.2, 0.25) is 0 Å². The molecule has 1 fully saturated rings. The molecule has 0 saturated carbocycles. The highest BCUT2D eigenvalue weighted by Crippen LogP contribution is 2.28. The maximum Gasteiger partial charge on any atom is 0.338 e. The molecule has 1 rings (SSSR count). The van der Waals surface area contributed by atoms with Gasteiger partial charge in [0, 0.05) is 0 Å². The van der Waals surface area contributed by atoms with Crippen LogP contribution in [0.25, 0.3) is 0 Å². The Labute approximate surface area is 147 Å². The predicted octanol–water partition coefficient (Wildman–Crippen LogP) is 5.52. The van der Waals surface area contributed by atoms with Crippen LogP contribution in [0.4, 0.5) is 0 Å². The van der Waals surface area contributed by atoms with Crippen molar-refractivity contribution in [3.05, 3.63) is 37.0 Å². The van der Waals surface area contributed by atoms with Crippen LogP contribution in [-0.2, 0) is 14.3 Å². The Balaban J connectivity index is 1.87. The summed E-state index contributed by atoms with van der Waals surface area (Å²) in [6.45, 7) is 6.03. The molecule has 0 amide bonds. The summed E-state index contributed by atoms with van der Waals surface area (Å²) in [6.07, 6.45) is 22.2. The molecule has 1 heterocycles. The number of unbranched alkanes of at least 4 members (excludes halogenated alkanes) is 6. The fourth-order valence-corrected chi connectivity index (χ4v) is 2.60. The van der Waals surface area contributed by atoms with Crippen LogP contribution in [0.5, 0.6) is 0 Å². The standard InChI is InChI=1S/C21H34O3/c1-3-5-6-7-8-9-10-11-12-13-14-15-16-17-19-20(24-19)21(22)23-18-4-2/h4,8-9,11-12,19-20H,2-3,5-7,10,13-18H2,1H3/b9-8-,12-11-. The van der Waals surface area contributed by atoms with E-state index in [9.17, 15) is 4.79 Å². The average molecular weight is 335 g/mol. The van der Waals surface area contributed by atoms with E-state index < -0.39 is 0 Å². The lowest BCUT2D eigenvalue weighted by molar-refractivity contribution is -0.143. The first kappa shape index (κ1) is 20.7. The largest absolute Gasteiger partial charge is 0.459 e. The Bertz CT molecular complexity index is 398. The third-order valence-corrected chi connectivity index (χ3v) is 4.10. The van der Waals surface area contributed by atoms with Crippen molar-refractivity contribution in [2.75, 3.05) is 6.61 Å². The molecule has 136 valence electrons. The second-order valence-electron chi connectivity index (χ2n) is 6.33. The van der Waals surface area contributed by atoms with Crippen molar-refractivity contribution in [2.24, 2.45) is 0 Å².